The van der Waals surface area contributed by atoms with Crippen molar-refractivity contribution < 1.29 is 19.1 Å². The largest absolute Gasteiger partial charge is 0.487 e. The van der Waals surface area contributed by atoms with Crippen molar-refractivity contribution in [2.45, 2.75) is 20.0 Å². The molecule has 0 radical (unpaired) electrons. The van der Waals surface area contributed by atoms with Crippen molar-refractivity contribution in [3.8, 4) is 5.75 Å². The average Bonchev–Trinajstić information content (AvgIpc) is 3.11. The average molecular weight is 707 g/mol. The highest BCUT2D eigenvalue weighted by Crippen LogP contribution is 2.31. The van der Waals surface area contributed by atoms with E-state index in [9.17, 15) is 14.4 Å². The number of urea groups is 1. The molecule has 184 valence electrons. The number of carbonyl (C=O) groups is 3. The van der Waals surface area contributed by atoms with Gasteiger partial charge in [-0.3, -0.25) is 9.59 Å². The third kappa shape index (κ3) is 6.25. The van der Waals surface area contributed by atoms with Crippen LogP contribution < -0.4 is 15.4 Å². The highest BCUT2D eigenvalue weighted by Gasteiger charge is 2.35. The van der Waals surface area contributed by atoms with Gasteiger partial charge in [-0.05, 0) is 92.6 Å². The normalized spacial score (nSPS) is 14.2. The molecular weight excluding hydrogens is 684 g/mol. The van der Waals surface area contributed by atoms with Gasteiger partial charge in [0.15, 0.2) is 0 Å². The number of imide groups is 1. The first-order valence-corrected chi connectivity index (χ1v) is 13.4. The number of ether oxygens (including phenoxy) is 1. The number of halogens is 2. The molecule has 2 N–H and O–H groups in total. The summed E-state index contributed by atoms with van der Waals surface area (Å²) in [6.45, 7) is 2.06. The fourth-order valence-electron chi connectivity index (χ4n) is 3.70. The van der Waals surface area contributed by atoms with E-state index in [1.165, 1.54) is 0 Å². The second kappa shape index (κ2) is 11.9. The van der Waals surface area contributed by atoms with Crippen LogP contribution in [0, 0.1) is 7.14 Å². The Kier molecular flexibility index (Phi) is 8.62. The van der Waals surface area contributed by atoms with E-state index in [2.05, 4.69) is 55.8 Å². The molecule has 0 bridgehead atoms. The highest BCUT2D eigenvalue weighted by molar-refractivity contribution is 14.1. The Labute approximate surface area is 236 Å². The Hall–Kier alpha value is -2.93. The second-order valence-corrected chi connectivity index (χ2v) is 10.4. The molecule has 1 aliphatic rings. The van der Waals surface area contributed by atoms with Gasteiger partial charge in [0.25, 0.3) is 5.91 Å². The van der Waals surface area contributed by atoms with Gasteiger partial charge in [0.2, 0.25) is 5.91 Å². The number of para-hydroxylation sites is 1. The first kappa shape index (κ1) is 26.1. The lowest BCUT2D eigenvalue weighted by molar-refractivity contribution is -0.127. The SMILES string of the molecule is CCc1ccccc1NC(=O)CN1C(=O)N/C(=C/c2cc(I)c(OCc3ccccc3)c(I)c2)C1=O. The molecule has 4 amide bonds. The molecule has 0 aliphatic carbocycles. The lowest BCUT2D eigenvalue weighted by Gasteiger charge is -2.13. The Morgan fingerprint density at radius 1 is 1.03 bits per heavy atom. The molecule has 0 aromatic heterocycles. The fourth-order valence-corrected chi connectivity index (χ4v) is 5.82. The van der Waals surface area contributed by atoms with Crippen LogP contribution in [-0.2, 0) is 22.6 Å². The Balaban J connectivity index is 1.44. The van der Waals surface area contributed by atoms with Crippen LogP contribution in [-0.4, -0.2) is 29.3 Å². The third-order valence-corrected chi connectivity index (χ3v) is 7.10. The second-order valence-electron chi connectivity index (χ2n) is 8.03. The predicted molar refractivity (Wildman–Crippen MR) is 155 cm³/mol. The molecule has 1 saturated heterocycles. The van der Waals surface area contributed by atoms with Crippen LogP contribution in [0.25, 0.3) is 6.08 Å². The molecule has 9 heteroatoms. The van der Waals surface area contributed by atoms with Gasteiger partial charge in [-0.1, -0.05) is 55.5 Å². The van der Waals surface area contributed by atoms with Crippen molar-refractivity contribution in [3.63, 3.8) is 0 Å². The number of carbonyl (C=O) groups excluding carboxylic acids is 3. The van der Waals surface area contributed by atoms with Crippen LogP contribution in [0.4, 0.5) is 10.5 Å². The molecule has 36 heavy (non-hydrogen) atoms. The number of anilines is 1. The van der Waals surface area contributed by atoms with Crippen LogP contribution in [0.5, 0.6) is 5.75 Å². The van der Waals surface area contributed by atoms with Crippen molar-refractivity contribution in [1.29, 1.82) is 0 Å². The lowest BCUT2D eigenvalue weighted by atomic mass is 10.1. The van der Waals surface area contributed by atoms with Gasteiger partial charge < -0.3 is 15.4 Å². The van der Waals surface area contributed by atoms with E-state index < -0.39 is 17.8 Å². The first-order chi connectivity index (χ1) is 17.4. The van der Waals surface area contributed by atoms with Crippen molar-refractivity contribution >= 4 is 74.8 Å². The minimum Gasteiger partial charge on any atom is -0.487 e. The highest BCUT2D eigenvalue weighted by atomic mass is 127. The molecule has 1 heterocycles. The number of benzene rings is 3. The Morgan fingerprint density at radius 2 is 1.69 bits per heavy atom. The molecule has 0 atom stereocenters. The summed E-state index contributed by atoms with van der Waals surface area (Å²) in [6.07, 6.45) is 2.36. The van der Waals surface area contributed by atoms with Crippen LogP contribution in [0.15, 0.2) is 72.4 Å². The fraction of sp³-hybridized carbons (Fsp3) is 0.148. The monoisotopic (exact) mass is 707 g/mol. The summed E-state index contributed by atoms with van der Waals surface area (Å²) < 4.78 is 7.78. The summed E-state index contributed by atoms with van der Waals surface area (Å²) in [4.78, 5) is 38.8. The zero-order valence-corrected chi connectivity index (χ0v) is 23.7. The number of rotatable bonds is 8. The molecule has 3 aromatic rings. The van der Waals surface area contributed by atoms with Gasteiger partial charge in [0, 0.05) is 5.69 Å². The van der Waals surface area contributed by atoms with Gasteiger partial charge in [0.1, 0.15) is 24.6 Å². The molecule has 0 saturated carbocycles. The summed E-state index contributed by atoms with van der Waals surface area (Å²) in [5.41, 5.74) is 3.57. The summed E-state index contributed by atoms with van der Waals surface area (Å²) in [5, 5.41) is 5.37. The maximum absolute atomic E-state index is 12.9. The van der Waals surface area contributed by atoms with E-state index in [1.807, 2.05) is 67.6 Å². The quantitative estimate of drug-likeness (QED) is 0.182. The lowest BCUT2D eigenvalue weighted by Crippen LogP contribution is -2.38. The molecular formula is C27H23I2N3O4. The summed E-state index contributed by atoms with van der Waals surface area (Å²) in [6, 6.07) is 20.5. The number of hydrogen-bond acceptors (Lipinski definition) is 4. The Morgan fingerprint density at radius 3 is 2.39 bits per heavy atom. The summed E-state index contributed by atoms with van der Waals surface area (Å²) in [7, 11) is 0. The van der Waals surface area contributed by atoms with Gasteiger partial charge in [0.05, 0.1) is 7.14 Å². The van der Waals surface area contributed by atoms with Crippen LogP contribution in [0.3, 0.4) is 0 Å². The number of aryl methyl sites for hydroxylation is 1. The predicted octanol–water partition coefficient (Wildman–Crippen LogP) is 5.57. The molecule has 1 aliphatic heterocycles. The summed E-state index contributed by atoms with van der Waals surface area (Å²) in [5.74, 6) is -0.229. The van der Waals surface area contributed by atoms with Crippen molar-refractivity contribution in [2.75, 3.05) is 11.9 Å². The van der Waals surface area contributed by atoms with Crippen LogP contribution in [0.1, 0.15) is 23.6 Å². The molecule has 7 nitrogen and oxygen atoms in total. The van der Waals surface area contributed by atoms with E-state index in [4.69, 9.17) is 4.74 Å². The van der Waals surface area contributed by atoms with E-state index in [0.717, 1.165) is 40.9 Å². The molecule has 1 fully saturated rings. The number of nitrogens with zero attached hydrogens (tertiary/aromatic N) is 1. The van der Waals surface area contributed by atoms with E-state index >= 15 is 0 Å². The molecule has 0 unspecified atom stereocenters. The first-order valence-electron chi connectivity index (χ1n) is 11.2. The van der Waals surface area contributed by atoms with Crippen LogP contribution >= 0.6 is 45.2 Å². The van der Waals surface area contributed by atoms with E-state index in [1.54, 1.807) is 12.1 Å². The van der Waals surface area contributed by atoms with E-state index in [0.29, 0.717) is 12.3 Å². The molecule has 4 rings (SSSR count). The maximum Gasteiger partial charge on any atom is 0.329 e. The molecule has 0 spiro atoms. The minimum atomic E-state index is -0.627. The molecule has 3 aromatic carbocycles. The topological polar surface area (TPSA) is 87.7 Å². The van der Waals surface area contributed by atoms with Crippen molar-refractivity contribution in [2.24, 2.45) is 0 Å². The van der Waals surface area contributed by atoms with Crippen molar-refractivity contribution in [1.82, 2.24) is 10.2 Å². The maximum atomic E-state index is 12.9. The standard InChI is InChI=1S/C27H23I2N3O4/c1-2-19-10-6-7-11-22(19)30-24(33)15-32-26(34)23(31-27(32)35)14-18-12-20(28)25(21(29)13-18)36-16-17-8-4-3-5-9-17/h3-14H,2,15-16H2,1H3,(H,30,33)(H,31,35)/b23-14+. The number of hydrogen-bond donors (Lipinski definition) is 2. The van der Waals surface area contributed by atoms with Gasteiger partial charge in [-0.25, -0.2) is 9.69 Å². The Bertz CT molecular complexity index is 1320. The number of nitrogens with one attached hydrogen (secondary N) is 2. The van der Waals surface area contributed by atoms with Gasteiger partial charge in [-0.2, -0.15) is 0 Å². The third-order valence-electron chi connectivity index (χ3n) is 5.49. The number of amides is 4. The van der Waals surface area contributed by atoms with Gasteiger partial charge in [-0.15, -0.1) is 0 Å². The zero-order chi connectivity index (χ0) is 25.7. The zero-order valence-electron chi connectivity index (χ0n) is 19.4. The van der Waals surface area contributed by atoms with Crippen LogP contribution in [0.2, 0.25) is 0 Å². The smallest absolute Gasteiger partial charge is 0.329 e. The summed E-state index contributed by atoms with van der Waals surface area (Å²) >= 11 is 4.38. The minimum absolute atomic E-state index is 0.117. The van der Waals surface area contributed by atoms with Crippen molar-refractivity contribution in [3.05, 3.63) is 96.3 Å². The van der Waals surface area contributed by atoms with E-state index in [-0.39, 0.29) is 12.2 Å². The van der Waals surface area contributed by atoms with Gasteiger partial charge >= 0.3 is 6.03 Å².